The van der Waals surface area contributed by atoms with E-state index in [4.69, 9.17) is 0 Å². The molecular formula is C20H18BrFN4O2. The average molecular weight is 445 g/mol. The summed E-state index contributed by atoms with van der Waals surface area (Å²) in [6, 6.07) is 14.5. The van der Waals surface area contributed by atoms with E-state index in [9.17, 15) is 14.0 Å². The first kappa shape index (κ1) is 19.8. The van der Waals surface area contributed by atoms with Crippen LogP contribution in [0.15, 0.2) is 65.3 Å². The molecule has 0 saturated heterocycles. The minimum absolute atomic E-state index is 0.161. The second kappa shape index (κ2) is 9.27. The first-order chi connectivity index (χ1) is 13.5. The van der Waals surface area contributed by atoms with Crippen LogP contribution in [0.5, 0.6) is 0 Å². The molecule has 144 valence electrons. The summed E-state index contributed by atoms with van der Waals surface area (Å²) in [5.74, 6) is -0.800. The van der Waals surface area contributed by atoms with Gasteiger partial charge in [-0.2, -0.15) is 5.10 Å². The van der Waals surface area contributed by atoms with Gasteiger partial charge in [0.15, 0.2) is 5.69 Å². The molecule has 2 aromatic carbocycles. The lowest BCUT2D eigenvalue weighted by atomic mass is 10.2. The third-order valence-corrected chi connectivity index (χ3v) is 4.42. The number of nitrogens with one attached hydrogen (secondary N) is 2. The fourth-order valence-electron chi connectivity index (χ4n) is 2.50. The highest BCUT2D eigenvalue weighted by molar-refractivity contribution is 9.10. The zero-order valence-electron chi connectivity index (χ0n) is 14.9. The number of aromatic nitrogens is 2. The molecule has 0 radical (unpaired) electrons. The van der Waals surface area contributed by atoms with Gasteiger partial charge in [0.25, 0.3) is 11.8 Å². The minimum Gasteiger partial charge on any atom is -0.352 e. The van der Waals surface area contributed by atoms with Gasteiger partial charge < -0.3 is 10.6 Å². The van der Waals surface area contributed by atoms with Gasteiger partial charge in [-0.3, -0.25) is 9.59 Å². The van der Waals surface area contributed by atoms with Crippen molar-refractivity contribution in [3.05, 3.63) is 82.3 Å². The van der Waals surface area contributed by atoms with Crippen molar-refractivity contribution < 1.29 is 14.0 Å². The summed E-state index contributed by atoms with van der Waals surface area (Å²) in [7, 11) is 0. The fourth-order valence-corrected chi connectivity index (χ4v) is 2.90. The molecule has 0 spiro atoms. The number of carbonyl (C=O) groups excluding carboxylic acids is 2. The largest absolute Gasteiger partial charge is 0.352 e. The summed E-state index contributed by atoms with van der Waals surface area (Å²) in [6.45, 7) is 0.844. The van der Waals surface area contributed by atoms with Crippen molar-refractivity contribution in [1.29, 1.82) is 0 Å². The first-order valence-electron chi connectivity index (χ1n) is 8.66. The van der Waals surface area contributed by atoms with E-state index in [2.05, 4.69) is 31.7 Å². The number of nitrogens with zero attached hydrogens (tertiary/aromatic N) is 2. The van der Waals surface area contributed by atoms with Crippen LogP contribution in [0.3, 0.4) is 0 Å². The molecule has 3 aromatic rings. The van der Waals surface area contributed by atoms with Crippen molar-refractivity contribution in [3.63, 3.8) is 0 Å². The molecule has 0 atom stereocenters. The van der Waals surface area contributed by atoms with Crippen LogP contribution in [-0.2, 0) is 0 Å². The van der Waals surface area contributed by atoms with Crippen molar-refractivity contribution in [2.75, 3.05) is 13.1 Å². The van der Waals surface area contributed by atoms with Gasteiger partial charge in [0.05, 0.1) is 5.69 Å². The van der Waals surface area contributed by atoms with Crippen LogP contribution in [0.4, 0.5) is 4.39 Å². The van der Waals surface area contributed by atoms with Crippen molar-refractivity contribution in [1.82, 2.24) is 20.4 Å². The summed E-state index contributed by atoms with van der Waals surface area (Å²) in [6.07, 6.45) is 2.23. The molecule has 0 fully saturated rings. The van der Waals surface area contributed by atoms with Gasteiger partial charge in [0.2, 0.25) is 0 Å². The smallest absolute Gasteiger partial charge is 0.271 e. The molecule has 28 heavy (non-hydrogen) atoms. The van der Waals surface area contributed by atoms with Gasteiger partial charge >= 0.3 is 0 Å². The predicted octanol–water partition coefficient (Wildman–Crippen LogP) is 3.32. The molecule has 0 unspecified atom stereocenters. The molecule has 1 aromatic heterocycles. The predicted molar refractivity (Wildman–Crippen MR) is 107 cm³/mol. The van der Waals surface area contributed by atoms with Crippen LogP contribution >= 0.6 is 15.9 Å². The molecule has 1 heterocycles. The van der Waals surface area contributed by atoms with Crippen molar-refractivity contribution in [2.45, 2.75) is 6.42 Å². The summed E-state index contributed by atoms with van der Waals surface area (Å²) in [5.41, 5.74) is 1.50. The monoisotopic (exact) mass is 444 g/mol. The zero-order valence-corrected chi connectivity index (χ0v) is 16.4. The highest BCUT2D eigenvalue weighted by Gasteiger charge is 2.10. The van der Waals surface area contributed by atoms with E-state index in [1.165, 1.54) is 16.8 Å². The standard InChI is InChI=1S/C20H18BrFN4O2/c21-15-4-1-3-14(13-15)19(27)23-10-2-11-24-20(28)18-9-12-26(25-18)17-7-5-16(22)6-8-17/h1,3-9,12-13H,2,10-11H2,(H,23,27)(H,24,28). The maximum atomic E-state index is 13.0. The molecular weight excluding hydrogens is 427 g/mol. The van der Waals surface area contributed by atoms with Gasteiger partial charge in [-0.1, -0.05) is 22.0 Å². The number of amides is 2. The highest BCUT2D eigenvalue weighted by atomic mass is 79.9. The molecule has 0 aliphatic carbocycles. The molecule has 8 heteroatoms. The molecule has 0 saturated carbocycles. The topological polar surface area (TPSA) is 76.0 Å². The van der Waals surface area contributed by atoms with Crippen LogP contribution in [-0.4, -0.2) is 34.7 Å². The van der Waals surface area contributed by atoms with E-state index in [0.717, 1.165) is 4.47 Å². The Balaban J connectivity index is 1.42. The zero-order chi connectivity index (χ0) is 19.9. The second-order valence-corrected chi connectivity index (χ2v) is 6.91. The molecule has 2 N–H and O–H groups in total. The van der Waals surface area contributed by atoms with Gasteiger partial charge in [-0.25, -0.2) is 9.07 Å². The maximum Gasteiger partial charge on any atom is 0.271 e. The Morgan fingerprint density at radius 2 is 1.71 bits per heavy atom. The Bertz CT molecular complexity index is 972. The van der Waals surface area contributed by atoms with E-state index in [1.807, 2.05) is 6.07 Å². The molecule has 3 rings (SSSR count). The lowest BCUT2D eigenvalue weighted by molar-refractivity contribution is 0.0947. The highest BCUT2D eigenvalue weighted by Crippen LogP contribution is 2.11. The fraction of sp³-hybridized carbons (Fsp3) is 0.150. The second-order valence-electron chi connectivity index (χ2n) is 6.00. The van der Waals surface area contributed by atoms with E-state index >= 15 is 0 Å². The number of hydrogen-bond donors (Lipinski definition) is 2. The number of hydrogen-bond acceptors (Lipinski definition) is 3. The summed E-state index contributed by atoms with van der Waals surface area (Å²) in [5, 5.41) is 9.76. The maximum absolute atomic E-state index is 13.0. The minimum atomic E-state index is -0.333. The lowest BCUT2D eigenvalue weighted by Gasteiger charge is -2.06. The van der Waals surface area contributed by atoms with Crippen LogP contribution < -0.4 is 10.6 Å². The Kier molecular flexibility index (Phi) is 6.54. The Labute approximate surface area is 169 Å². The molecule has 2 amide bonds. The Hall–Kier alpha value is -3.00. The third-order valence-electron chi connectivity index (χ3n) is 3.92. The number of carbonyl (C=O) groups is 2. The van der Waals surface area contributed by atoms with Crippen LogP contribution in [0.1, 0.15) is 27.3 Å². The summed E-state index contributed by atoms with van der Waals surface area (Å²) < 4.78 is 15.3. The van der Waals surface area contributed by atoms with Gasteiger partial charge in [0, 0.05) is 29.3 Å². The first-order valence-corrected chi connectivity index (χ1v) is 9.46. The van der Waals surface area contributed by atoms with Crippen molar-refractivity contribution >= 4 is 27.7 Å². The van der Waals surface area contributed by atoms with Crippen LogP contribution in [0.25, 0.3) is 5.69 Å². The number of benzene rings is 2. The van der Waals surface area contributed by atoms with Gasteiger partial charge in [-0.15, -0.1) is 0 Å². The Morgan fingerprint density at radius 3 is 2.43 bits per heavy atom. The van der Waals surface area contributed by atoms with Gasteiger partial charge in [-0.05, 0) is 55.0 Å². The van der Waals surface area contributed by atoms with E-state index in [-0.39, 0.29) is 23.3 Å². The van der Waals surface area contributed by atoms with Gasteiger partial charge in [0.1, 0.15) is 5.82 Å². The van der Waals surface area contributed by atoms with E-state index in [1.54, 1.807) is 42.6 Å². The number of rotatable bonds is 7. The molecule has 0 aliphatic heterocycles. The third kappa shape index (κ3) is 5.26. The van der Waals surface area contributed by atoms with Crippen molar-refractivity contribution in [3.8, 4) is 5.69 Å². The normalized spacial score (nSPS) is 10.5. The van der Waals surface area contributed by atoms with E-state index < -0.39 is 0 Å². The van der Waals surface area contributed by atoms with Crippen LogP contribution in [0.2, 0.25) is 0 Å². The number of halogens is 2. The molecule has 0 bridgehead atoms. The Morgan fingerprint density at radius 1 is 1.00 bits per heavy atom. The van der Waals surface area contributed by atoms with Crippen LogP contribution in [0, 0.1) is 5.82 Å². The van der Waals surface area contributed by atoms with Crippen molar-refractivity contribution in [2.24, 2.45) is 0 Å². The SMILES string of the molecule is O=C(NCCCNC(=O)c1ccn(-c2ccc(F)cc2)n1)c1cccc(Br)c1. The molecule has 0 aliphatic rings. The average Bonchev–Trinajstić information content (AvgIpc) is 3.18. The lowest BCUT2D eigenvalue weighted by Crippen LogP contribution is -2.30. The molecule has 6 nitrogen and oxygen atoms in total. The summed E-state index contributed by atoms with van der Waals surface area (Å²) in [4.78, 5) is 24.2. The van der Waals surface area contributed by atoms with E-state index in [0.29, 0.717) is 30.8 Å². The quantitative estimate of drug-likeness (QED) is 0.548. The summed E-state index contributed by atoms with van der Waals surface area (Å²) >= 11 is 3.33.